The van der Waals surface area contributed by atoms with Gasteiger partial charge >= 0.3 is 0 Å². The Balaban J connectivity index is 1.44. The number of hydrogen-bond donors (Lipinski definition) is 2. The van der Waals surface area contributed by atoms with E-state index in [-0.39, 0.29) is 0 Å². The Kier molecular flexibility index (Phi) is 4.76. The highest BCUT2D eigenvalue weighted by atomic mass is 16.5. The molecule has 1 fully saturated rings. The summed E-state index contributed by atoms with van der Waals surface area (Å²) in [7, 11) is 0. The third-order valence-corrected chi connectivity index (χ3v) is 4.40. The molecule has 0 spiro atoms. The fourth-order valence-electron chi connectivity index (χ4n) is 3.28. The summed E-state index contributed by atoms with van der Waals surface area (Å²) in [4.78, 5) is 4.33. The van der Waals surface area contributed by atoms with Crippen molar-refractivity contribution in [3.63, 3.8) is 0 Å². The molecule has 0 aromatic heterocycles. The number of ether oxygens (including phenoxy) is 1. The number of aliphatic imine (C=N–C) groups is 1. The number of nitrogens with zero attached hydrogens (tertiary/aromatic N) is 1. The van der Waals surface area contributed by atoms with Gasteiger partial charge in [0.15, 0.2) is 5.96 Å². The zero-order valence-corrected chi connectivity index (χ0v) is 12.6. The van der Waals surface area contributed by atoms with Crippen LogP contribution in [0.25, 0.3) is 0 Å². The van der Waals surface area contributed by atoms with Crippen LogP contribution in [0.15, 0.2) is 23.2 Å². The van der Waals surface area contributed by atoms with Crippen molar-refractivity contribution >= 4 is 11.6 Å². The molecule has 21 heavy (non-hydrogen) atoms. The predicted molar refractivity (Wildman–Crippen MR) is 86.8 cm³/mol. The molecule has 0 unspecified atom stereocenters. The molecule has 2 aliphatic rings. The lowest BCUT2D eigenvalue weighted by atomic mass is 10.1. The van der Waals surface area contributed by atoms with Crippen LogP contribution in [0.4, 0.5) is 5.69 Å². The van der Waals surface area contributed by atoms with E-state index in [2.05, 4.69) is 28.5 Å². The molecule has 4 heteroatoms. The number of fused-ring (bicyclic) bond motifs is 1. The molecular formula is C17H25N3O. The van der Waals surface area contributed by atoms with Gasteiger partial charge in [-0.05, 0) is 55.4 Å². The summed E-state index contributed by atoms with van der Waals surface area (Å²) in [5.74, 6) is 0.475. The summed E-state index contributed by atoms with van der Waals surface area (Å²) < 4.78 is 5.77. The Morgan fingerprint density at radius 2 is 2.00 bits per heavy atom. The standard InChI is InChI=1S/C17H25N3O/c18-17(19-10-11-21-16-6-1-2-7-16)20-15-9-8-13-4-3-5-14(13)12-15/h8-9,12,16H,1-7,10-11H2,(H3,18,19,20). The monoisotopic (exact) mass is 287 g/mol. The number of hydrogen-bond acceptors (Lipinski definition) is 2. The van der Waals surface area contributed by atoms with E-state index in [1.54, 1.807) is 0 Å². The average Bonchev–Trinajstić information content (AvgIpc) is 3.14. The van der Waals surface area contributed by atoms with Crippen molar-refractivity contribution in [2.24, 2.45) is 10.7 Å². The fraction of sp³-hybridized carbons (Fsp3) is 0.588. The van der Waals surface area contributed by atoms with Crippen molar-refractivity contribution in [2.45, 2.75) is 51.0 Å². The Bertz CT molecular complexity index is 507. The molecule has 0 aliphatic heterocycles. The van der Waals surface area contributed by atoms with Gasteiger partial charge in [0.05, 0.1) is 19.3 Å². The minimum atomic E-state index is 0.450. The maximum atomic E-state index is 5.93. The van der Waals surface area contributed by atoms with E-state index < -0.39 is 0 Å². The Hall–Kier alpha value is -1.55. The third kappa shape index (κ3) is 3.97. The van der Waals surface area contributed by atoms with Gasteiger partial charge in [-0.3, -0.25) is 4.99 Å². The first-order valence-electron chi connectivity index (χ1n) is 8.11. The smallest absolute Gasteiger partial charge is 0.193 e. The summed E-state index contributed by atoms with van der Waals surface area (Å²) in [6, 6.07) is 6.47. The summed E-state index contributed by atoms with van der Waals surface area (Å²) in [5.41, 5.74) is 9.88. The minimum Gasteiger partial charge on any atom is -0.376 e. The zero-order valence-electron chi connectivity index (χ0n) is 12.6. The van der Waals surface area contributed by atoms with Crippen LogP contribution >= 0.6 is 0 Å². The van der Waals surface area contributed by atoms with Crippen LogP contribution in [0.2, 0.25) is 0 Å². The lowest BCUT2D eigenvalue weighted by molar-refractivity contribution is 0.0643. The van der Waals surface area contributed by atoms with Crippen molar-refractivity contribution < 1.29 is 4.74 Å². The maximum Gasteiger partial charge on any atom is 0.193 e. The van der Waals surface area contributed by atoms with Crippen LogP contribution < -0.4 is 11.1 Å². The number of guanidine groups is 1. The van der Waals surface area contributed by atoms with Gasteiger partial charge in [0.2, 0.25) is 0 Å². The van der Waals surface area contributed by atoms with Crippen LogP contribution in [0.3, 0.4) is 0 Å². The van der Waals surface area contributed by atoms with Gasteiger partial charge in [-0.25, -0.2) is 0 Å². The van der Waals surface area contributed by atoms with Crippen molar-refractivity contribution in [1.82, 2.24) is 0 Å². The number of benzene rings is 1. The van der Waals surface area contributed by atoms with Crippen molar-refractivity contribution in [3.05, 3.63) is 29.3 Å². The van der Waals surface area contributed by atoms with E-state index in [9.17, 15) is 0 Å². The molecular weight excluding hydrogens is 262 g/mol. The van der Waals surface area contributed by atoms with Gasteiger partial charge in [0.25, 0.3) is 0 Å². The lowest BCUT2D eigenvalue weighted by Crippen LogP contribution is -2.23. The fourth-order valence-corrected chi connectivity index (χ4v) is 3.28. The molecule has 1 aromatic carbocycles. The molecule has 0 saturated heterocycles. The highest BCUT2D eigenvalue weighted by molar-refractivity contribution is 5.92. The van der Waals surface area contributed by atoms with Crippen LogP contribution in [-0.4, -0.2) is 25.2 Å². The topological polar surface area (TPSA) is 59.6 Å². The molecule has 114 valence electrons. The van der Waals surface area contributed by atoms with Crippen molar-refractivity contribution in [1.29, 1.82) is 0 Å². The number of rotatable bonds is 5. The van der Waals surface area contributed by atoms with Gasteiger partial charge in [-0.2, -0.15) is 0 Å². The molecule has 0 radical (unpaired) electrons. The van der Waals surface area contributed by atoms with Crippen molar-refractivity contribution in [2.75, 3.05) is 18.5 Å². The van der Waals surface area contributed by atoms with E-state index >= 15 is 0 Å². The quantitative estimate of drug-likeness (QED) is 0.497. The van der Waals surface area contributed by atoms with Gasteiger partial charge in [0, 0.05) is 5.69 Å². The third-order valence-electron chi connectivity index (χ3n) is 4.40. The van der Waals surface area contributed by atoms with E-state index in [0.717, 1.165) is 5.69 Å². The molecule has 0 amide bonds. The van der Waals surface area contributed by atoms with Crippen LogP contribution in [0.5, 0.6) is 0 Å². The number of aryl methyl sites for hydroxylation is 2. The highest BCUT2D eigenvalue weighted by Gasteiger charge is 2.14. The van der Waals surface area contributed by atoms with E-state index in [1.165, 1.54) is 56.1 Å². The number of nitrogens with one attached hydrogen (secondary N) is 1. The second-order valence-corrected chi connectivity index (χ2v) is 6.01. The molecule has 1 aromatic rings. The molecule has 4 nitrogen and oxygen atoms in total. The molecule has 3 N–H and O–H groups in total. The first-order chi connectivity index (χ1) is 10.3. The van der Waals surface area contributed by atoms with Gasteiger partial charge in [0.1, 0.15) is 0 Å². The highest BCUT2D eigenvalue weighted by Crippen LogP contribution is 2.24. The van der Waals surface area contributed by atoms with Gasteiger partial charge < -0.3 is 15.8 Å². The first kappa shape index (κ1) is 14.4. The first-order valence-corrected chi connectivity index (χ1v) is 8.11. The molecule has 2 aliphatic carbocycles. The Morgan fingerprint density at radius 3 is 2.86 bits per heavy atom. The normalized spacial score (nSPS) is 19.0. The Labute approximate surface area is 126 Å². The van der Waals surface area contributed by atoms with E-state index in [1.807, 2.05) is 0 Å². The Morgan fingerprint density at radius 1 is 1.19 bits per heavy atom. The second kappa shape index (κ2) is 6.94. The SMILES string of the molecule is NC(=NCCOC1CCCC1)Nc1ccc2c(c1)CCC2. The summed E-state index contributed by atoms with van der Waals surface area (Å²) in [6.07, 6.45) is 9.10. The molecule has 3 rings (SSSR count). The van der Waals surface area contributed by atoms with Crippen molar-refractivity contribution in [3.8, 4) is 0 Å². The average molecular weight is 287 g/mol. The van der Waals surface area contributed by atoms with Crippen LogP contribution in [0.1, 0.15) is 43.2 Å². The molecule has 1 saturated carbocycles. The van der Waals surface area contributed by atoms with Gasteiger partial charge in [-0.15, -0.1) is 0 Å². The summed E-state index contributed by atoms with van der Waals surface area (Å²) in [5, 5.41) is 3.17. The predicted octanol–water partition coefficient (Wildman–Crippen LogP) is 2.86. The van der Waals surface area contributed by atoms with E-state index in [0.29, 0.717) is 25.2 Å². The maximum absolute atomic E-state index is 5.93. The van der Waals surface area contributed by atoms with Crippen LogP contribution in [0, 0.1) is 0 Å². The largest absolute Gasteiger partial charge is 0.376 e. The molecule has 0 atom stereocenters. The second-order valence-electron chi connectivity index (χ2n) is 6.01. The number of nitrogens with two attached hydrogens (primary N) is 1. The van der Waals surface area contributed by atoms with E-state index in [4.69, 9.17) is 10.5 Å². The minimum absolute atomic E-state index is 0.450. The lowest BCUT2D eigenvalue weighted by Gasteiger charge is -2.10. The summed E-state index contributed by atoms with van der Waals surface area (Å²) in [6.45, 7) is 1.29. The zero-order chi connectivity index (χ0) is 14.5. The summed E-state index contributed by atoms with van der Waals surface area (Å²) >= 11 is 0. The molecule has 0 bridgehead atoms. The molecule has 0 heterocycles. The van der Waals surface area contributed by atoms with Crippen LogP contribution in [-0.2, 0) is 17.6 Å². The van der Waals surface area contributed by atoms with Gasteiger partial charge in [-0.1, -0.05) is 18.9 Å². The number of anilines is 1.